The maximum absolute atomic E-state index is 13.1. The molecule has 6 heteroatoms. The van der Waals surface area contributed by atoms with E-state index in [0.29, 0.717) is 6.04 Å². The van der Waals surface area contributed by atoms with Gasteiger partial charge in [0.05, 0.1) is 17.0 Å². The summed E-state index contributed by atoms with van der Waals surface area (Å²) >= 11 is 1.52. The first-order valence-corrected chi connectivity index (χ1v) is 10.5. The molecule has 1 saturated carbocycles. The minimum Gasteiger partial charge on any atom is -0.349 e. The van der Waals surface area contributed by atoms with Gasteiger partial charge in [-0.3, -0.25) is 4.79 Å². The molecule has 1 heterocycles. The molecule has 146 valence electrons. The van der Waals surface area contributed by atoms with Crippen molar-refractivity contribution in [2.75, 3.05) is 0 Å². The van der Waals surface area contributed by atoms with Gasteiger partial charge in [0.25, 0.3) is 0 Å². The quantitative estimate of drug-likeness (QED) is 0.698. The summed E-state index contributed by atoms with van der Waals surface area (Å²) in [6.07, 6.45) is 4.89. The van der Waals surface area contributed by atoms with Crippen molar-refractivity contribution in [3.63, 3.8) is 0 Å². The molecular weight excluding hydrogens is 361 g/mol. The first-order chi connectivity index (χ1) is 12.9. The summed E-state index contributed by atoms with van der Waals surface area (Å²) in [5.74, 6) is -0.307. The standard InChI is InChI=1S/C21H28FN3OS/c1-13-15(3)25(19-7-5-6-8-19)21(24-13)27-16(4)20(26)23-14(2)17-9-11-18(22)12-10-17/h9-12,14,16,19H,5-8H2,1-4H3,(H,23,26)/t14-,16-/m1/s1. The number of imidazole rings is 1. The number of amides is 1. The Kier molecular flexibility index (Phi) is 6.25. The summed E-state index contributed by atoms with van der Waals surface area (Å²) < 4.78 is 15.4. The number of aryl methyl sites for hydroxylation is 1. The topological polar surface area (TPSA) is 46.9 Å². The molecule has 1 aromatic carbocycles. The first kappa shape index (κ1) is 19.9. The molecular formula is C21H28FN3OS. The highest BCUT2D eigenvalue weighted by Gasteiger charge is 2.26. The molecule has 27 heavy (non-hydrogen) atoms. The predicted octanol–water partition coefficient (Wildman–Crippen LogP) is 5.11. The van der Waals surface area contributed by atoms with E-state index in [4.69, 9.17) is 4.98 Å². The molecule has 3 rings (SSSR count). The van der Waals surface area contributed by atoms with Crippen molar-refractivity contribution >= 4 is 17.7 Å². The van der Waals surface area contributed by atoms with Crippen LogP contribution in [0.25, 0.3) is 0 Å². The summed E-state index contributed by atoms with van der Waals surface area (Å²) in [7, 11) is 0. The largest absolute Gasteiger partial charge is 0.349 e. The normalized spacial score (nSPS) is 17.1. The van der Waals surface area contributed by atoms with Gasteiger partial charge in [-0.15, -0.1) is 0 Å². The third kappa shape index (κ3) is 4.54. The van der Waals surface area contributed by atoms with E-state index >= 15 is 0 Å². The maximum Gasteiger partial charge on any atom is 0.233 e. The fraction of sp³-hybridized carbons (Fsp3) is 0.524. The second kappa shape index (κ2) is 8.46. The van der Waals surface area contributed by atoms with E-state index in [9.17, 15) is 9.18 Å². The summed E-state index contributed by atoms with van der Waals surface area (Å²) in [5.41, 5.74) is 3.13. The van der Waals surface area contributed by atoms with Crippen LogP contribution in [0.1, 0.15) is 68.6 Å². The lowest BCUT2D eigenvalue weighted by Gasteiger charge is -2.20. The minimum absolute atomic E-state index is 0.0342. The molecule has 1 fully saturated rings. The van der Waals surface area contributed by atoms with Crippen LogP contribution in [-0.4, -0.2) is 20.7 Å². The molecule has 4 nitrogen and oxygen atoms in total. The molecule has 1 N–H and O–H groups in total. The monoisotopic (exact) mass is 389 g/mol. The molecule has 0 radical (unpaired) electrons. The van der Waals surface area contributed by atoms with Crippen LogP contribution in [0.2, 0.25) is 0 Å². The lowest BCUT2D eigenvalue weighted by atomic mass is 10.1. The van der Waals surface area contributed by atoms with E-state index in [1.54, 1.807) is 12.1 Å². The Hall–Kier alpha value is -1.82. The van der Waals surface area contributed by atoms with Gasteiger partial charge < -0.3 is 9.88 Å². The van der Waals surface area contributed by atoms with E-state index < -0.39 is 0 Å². The van der Waals surface area contributed by atoms with Gasteiger partial charge in [-0.2, -0.15) is 0 Å². The summed E-state index contributed by atoms with van der Waals surface area (Å²) in [4.78, 5) is 17.4. The zero-order valence-corrected chi connectivity index (χ0v) is 17.3. The molecule has 1 aliphatic carbocycles. The molecule has 0 spiro atoms. The molecule has 0 unspecified atom stereocenters. The molecule has 1 aliphatic rings. The van der Waals surface area contributed by atoms with Crippen molar-refractivity contribution < 1.29 is 9.18 Å². The van der Waals surface area contributed by atoms with Crippen LogP contribution in [-0.2, 0) is 4.79 Å². The number of nitrogens with one attached hydrogen (secondary N) is 1. The van der Waals surface area contributed by atoms with Crippen molar-refractivity contribution in [1.82, 2.24) is 14.9 Å². The van der Waals surface area contributed by atoms with Crippen LogP contribution in [0.3, 0.4) is 0 Å². The summed E-state index contributed by atoms with van der Waals surface area (Å²) in [5, 5.41) is 3.71. The van der Waals surface area contributed by atoms with E-state index in [0.717, 1.165) is 16.4 Å². The third-order valence-corrected chi connectivity index (χ3v) is 6.49. The van der Waals surface area contributed by atoms with Gasteiger partial charge in [0, 0.05) is 11.7 Å². The minimum atomic E-state index is -0.273. The zero-order valence-electron chi connectivity index (χ0n) is 16.5. The fourth-order valence-corrected chi connectivity index (χ4v) is 4.73. The van der Waals surface area contributed by atoms with Gasteiger partial charge in [-0.05, 0) is 58.2 Å². The Morgan fingerprint density at radius 2 is 1.85 bits per heavy atom. The number of carbonyl (C=O) groups is 1. The van der Waals surface area contributed by atoms with Gasteiger partial charge in [0.15, 0.2) is 5.16 Å². The van der Waals surface area contributed by atoms with Crippen LogP contribution in [0.15, 0.2) is 29.4 Å². The fourth-order valence-electron chi connectivity index (χ4n) is 3.65. The molecule has 0 bridgehead atoms. The van der Waals surface area contributed by atoms with Crippen molar-refractivity contribution in [3.05, 3.63) is 47.0 Å². The van der Waals surface area contributed by atoms with E-state index in [-0.39, 0.29) is 23.0 Å². The predicted molar refractivity (Wildman–Crippen MR) is 107 cm³/mol. The lowest BCUT2D eigenvalue weighted by molar-refractivity contribution is -0.120. The average molecular weight is 390 g/mol. The number of rotatable bonds is 6. The molecule has 1 amide bonds. The van der Waals surface area contributed by atoms with Gasteiger partial charge in [-0.1, -0.05) is 36.7 Å². The molecule has 0 aliphatic heterocycles. The van der Waals surface area contributed by atoms with Crippen LogP contribution >= 0.6 is 11.8 Å². The lowest BCUT2D eigenvalue weighted by Crippen LogP contribution is -2.33. The number of thioether (sulfide) groups is 1. The van der Waals surface area contributed by atoms with Gasteiger partial charge in [0.1, 0.15) is 5.82 Å². The van der Waals surface area contributed by atoms with Gasteiger partial charge in [0.2, 0.25) is 5.91 Å². The van der Waals surface area contributed by atoms with Gasteiger partial charge in [-0.25, -0.2) is 9.37 Å². The van der Waals surface area contributed by atoms with Crippen molar-refractivity contribution in [2.24, 2.45) is 0 Å². The van der Waals surface area contributed by atoms with E-state index in [1.165, 1.54) is 55.3 Å². The Balaban J connectivity index is 1.68. The second-order valence-electron chi connectivity index (χ2n) is 7.42. The first-order valence-electron chi connectivity index (χ1n) is 9.64. The molecule has 2 atom stereocenters. The maximum atomic E-state index is 13.1. The summed E-state index contributed by atoms with van der Waals surface area (Å²) in [6.45, 7) is 7.98. The van der Waals surface area contributed by atoms with Crippen LogP contribution in [0.5, 0.6) is 0 Å². The van der Waals surface area contributed by atoms with Crippen LogP contribution in [0, 0.1) is 19.7 Å². The highest BCUT2D eigenvalue weighted by Crippen LogP contribution is 2.36. The van der Waals surface area contributed by atoms with Gasteiger partial charge >= 0.3 is 0 Å². The van der Waals surface area contributed by atoms with Crippen molar-refractivity contribution in [1.29, 1.82) is 0 Å². The second-order valence-corrected chi connectivity index (χ2v) is 8.72. The van der Waals surface area contributed by atoms with E-state index in [2.05, 4.69) is 16.8 Å². The third-order valence-electron chi connectivity index (χ3n) is 5.42. The summed E-state index contributed by atoms with van der Waals surface area (Å²) in [6, 6.07) is 6.58. The van der Waals surface area contributed by atoms with Crippen molar-refractivity contribution in [3.8, 4) is 0 Å². The molecule has 1 aromatic heterocycles. The van der Waals surface area contributed by atoms with Crippen molar-refractivity contribution in [2.45, 2.75) is 75.9 Å². The van der Waals surface area contributed by atoms with Crippen LogP contribution in [0.4, 0.5) is 4.39 Å². The number of aromatic nitrogens is 2. The Morgan fingerprint density at radius 1 is 1.22 bits per heavy atom. The zero-order chi connectivity index (χ0) is 19.6. The highest BCUT2D eigenvalue weighted by atomic mass is 32.2. The SMILES string of the molecule is Cc1nc(S[C@H](C)C(=O)N[C@H](C)c2ccc(F)cc2)n(C2CCCC2)c1C. The number of nitrogens with zero attached hydrogens (tertiary/aromatic N) is 2. The molecule has 2 aromatic rings. The number of hydrogen-bond donors (Lipinski definition) is 1. The van der Waals surface area contributed by atoms with E-state index in [1.807, 2.05) is 20.8 Å². The Bertz CT molecular complexity index is 797. The molecule has 0 saturated heterocycles. The van der Waals surface area contributed by atoms with Crippen LogP contribution < -0.4 is 5.32 Å². The Morgan fingerprint density at radius 3 is 2.48 bits per heavy atom. The smallest absolute Gasteiger partial charge is 0.233 e. The highest BCUT2D eigenvalue weighted by molar-refractivity contribution is 8.00. The number of carbonyl (C=O) groups excluding carboxylic acids is 1. The number of benzene rings is 1. The Labute approximate surface area is 165 Å². The number of hydrogen-bond acceptors (Lipinski definition) is 3. The number of halogens is 1. The average Bonchev–Trinajstić information content (AvgIpc) is 3.24.